The molecule has 0 aromatic carbocycles. The van der Waals surface area contributed by atoms with Crippen LogP contribution >= 0.6 is 0 Å². The van der Waals surface area contributed by atoms with Gasteiger partial charge in [0.05, 0.1) is 0 Å². The molecule has 0 saturated heterocycles. The average molecular weight is 223 g/mol. The van der Waals surface area contributed by atoms with Crippen molar-refractivity contribution < 1.29 is 0 Å². The van der Waals surface area contributed by atoms with E-state index in [2.05, 4.69) is 19.2 Å². The molecule has 0 radical (unpaired) electrons. The van der Waals surface area contributed by atoms with Crippen LogP contribution in [0.2, 0.25) is 0 Å². The quantitative estimate of drug-likeness (QED) is 0.743. The highest BCUT2D eigenvalue weighted by Gasteiger charge is 2.34. The van der Waals surface area contributed by atoms with Crippen LogP contribution in [0.1, 0.15) is 65.2 Å². The van der Waals surface area contributed by atoms with Crippen LogP contribution in [-0.2, 0) is 0 Å². The molecule has 2 aliphatic rings. The van der Waals surface area contributed by atoms with Gasteiger partial charge in [0.1, 0.15) is 0 Å². The van der Waals surface area contributed by atoms with E-state index in [0.717, 1.165) is 30.3 Å². The third-order valence-electron chi connectivity index (χ3n) is 5.01. The Morgan fingerprint density at radius 3 is 2.25 bits per heavy atom. The molecule has 0 aromatic rings. The Morgan fingerprint density at radius 2 is 1.69 bits per heavy atom. The zero-order chi connectivity index (χ0) is 11.4. The molecular formula is C15H29N. The molecule has 2 rings (SSSR count). The fraction of sp³-hybridized carbons (Fsp3) is 1.00. The molecule has 0 heterocycles. The zero-order valence-electron chi connectivity index (χ0n) is 11.2. The van der Waals surface area contributed by atoms with Crippen molar-refractivity contribution in [1.29, 1.82) is 0 Å². The van der Waals surface area contributed by atoms with Crippen LogP contribution in [0.5, 0.6) is 0 Å². The van der Waals surface area contributed by atoms with Crippen LogP contribution in [0, 0.1) is 17.8 Å². The Hall–Kier alpha value is -0.0400. The molecule has 0 aliphatic heterocycles. The molecule has 1 N–H and O–H groups in total. The summed E-state index contributed by atoms with van der Waals surface area (Å²) in [6.07, 6.45) is 11.8. The molecule has 0 spiro atoms. The van der Waals surface area contributed by atoms with Gasteiger partial charge in [-0.15, -0.1) is 0 Å². The lowest BCUT2D eigenvalue weighted by Gasteiger charge is -2.42. The number of hydrogen-bond acceptors (Lipinski definition) is 1. The topological polar surface area (TPSA) is 12.0 Å². The van der Waals surface area contributed by atoms with Gasteiger partial charge < -0.3 is 5.32 Å². The first-order chi connectivity index (χ1) is 7.85. The van der Waals surface area contributed by atoms with Crippen molar-refractivity contribution in [3.63, 3.8) is 0 Å². The monoisotopic (exact) mass is 223 g/mol. The molecule has 2 fully saturated rings. The van der Waals surface area contributed by atoms with Crippen LogP contribution in [0.4, 0.5) is 0 Å². The minimum absolute atomic E-state index is 0.855. The minimum Gasteiger partial charge on any atom is -0.314 e. The van der Waals surface area contributed by atoms with Crippen LogP contribution < -0.4 is 5.32 Å². The van der Waals surface area contributed by atoms with Crippen LogP contribution in [0.3, 0.4) is 0 Å². The Bertz CT molecular complexity index is 198. The predicted molar refractivity (Wildman–Crippen MR) is 70.5 cm³/mol. The lowest BCUT2D eigenvalue weighted by atomic mass is 9.68. The van der Waals surface area contributed by atoms with E-state index in [0.29, 0.717) is 0 Å². The first kappa shape index (κ1) is 12.4. The molecule has 2 saturated carbocycles. The Balaban J connectivity index is 1.90. The summed E-state index contributed by atoms with van der Waals surface area (Å²) in [5, 5.41) is 3.80. The van der Waals surface area contributed by atoms with Crippen LogP contribution in [0.15, 0.2) is 0 Å². The highest BCUT2D eigenvalue weighted by Crippen LogP contribution is 2.40. The van der Waals surface area contributed by atoms with Gasteiger partial charge in [-0.1, -0.05) is 39.5 Å². The van der Waals surface area contributed by atoms with Crippen molar-refractivity contribution >= 4 is 0 Å². The summed E-state index contributed by atoms with van der Waals surface area (Å²) in [5.41, 5.74) is 0. The third kappa shape index (κ3) is 2.80. The maximum atomic E-state index is 3.80. The van der Waals surface area contributed by atoms with Crippen molar-refractivity contribution in [1.82, 2.24) is 5.32 Å². The molecule has 16 heavy (non-hydrogen) atoms. The lowest BCUT2D eigenvalue weighted by molar-refractivity contribution is 0.126. The Morgan fingerprint density at radius 1 is 1.00 bits per heavy atom. The van der Waals surface area contributed by atoms with Gasteiger partial charge in [-0.25, -0.2) is 0 Å². The highest BCUT2D eigenvalue weighted by atomic mass is 14.9. The summed E-state index contributed by atoms with van der Waals surface area (Å²) in [7, 11) is 0. The molecule has 2 aliphatic carbocycles. The summed E-state index contributed by atoms with van der Waals surface area (Å²) in [4.78, 5) is 0. The van der Waals surface area contributed by atoms with E-state index in [4.69, 9.17) is 0 Å². The maximum Gasteiger partial charge on any atom is 0.0124 e. The number of nitrogens with one attached hydrogen (secondary N) is 1. The smallest absolute Gasteiger partial charge is 0.0124 e. The standard InChI is InChI=1S/C15H29N/c1-3-12-7-5-10-14(11-12)15(16-4-2)13-8-6-9-13/h12-16H,3-11H2,1-2H3. The van der Waals surface area contributed by atoms with Crippen LogP contribution in [-0.4, -0.2) is 12.6 Å². The second kappa shape index (κ2) is 6.05. The largest absolute Gasteiger partial charge is 0.314 e. The van der Waals surface area contributed by atoms with Gasteiger partial charge >= 0.3 is 0 Å². The molecule has 94 valence electrons. The number of hydrogen-bond donors (Lipinski definition) is 1. The average Bonchev–Trinajstić information content (AvgIpc) is 2.26. The minimum atomic E-state index is 0.855. The Kier molecular flexibility index (Phi) is 4.69. The highest BCUT2D eigenvalue weighted by molar-refractivity contribution is 4.90. The SMILES string of the molecule is CCNC(C1CCC1)C1CCCC(CC)C1. The van der Waals surface area contributed by atoms with E-state index in [9.17, 15) is 0 Å². The summed E-state index contributed by atoms with van der Waals surface area (Å²) in [6, 6.07) is 0.855. The van der Waals surface area contributed by atoms with Crippen LogP contribution in [0.25, 0.3) is 0 Å². The Labute approximate surface area is 101 Å². The second-order valence-electron chi connectivity index (χ2n) is 5.98. The fourth-order valence-electron chi connectivity index (χ4n) is 3.78. The van der Waals surface area contributed by atoms with Gasteiger partial charge in [-0.05, 0) is 50.0 Å². The van der Waals surface area contributed by atoms with E-state index < -0.39 is 0 Å². The van der Waals surface area contributed by atoms with Crippen molar-refractivity contribution in [2.45, 2.75) is 71.3 Å². The molecule has 0 aromatic heterocycles. The van der Waals surface area contributed by atoms with E-state index in [1.54, 1.807) is 0 Å². The molecule has 0 amide bonds. The predicted octanol–water partition coefficient (Wildman–Crippen LogP) is 3.98. The summed E-state index contributed by atoms with van der Waals surface area (Å²) < 4.78 is 0. The first-order valence-electron chi connectivity index (χ1n) is 7.58. The van der Waals surface area contributed by atoms with E-state index >= 15 is 0 Å². The van der Waals surface area contributed by atoms with Gasteiger partial charge in [0.2, 0.25) is 0 Å². The van der Waals surface area contributed by atoms with Crippen molar-refractivity contribution in [2.24, 2.45) is 17.8 Å². The van der Waals surface area contributed by atoms with Crippen molar-refractivity contribution in [2.75, 3.05) is 6.54 Å². The second-order valence-corrected chi connectivity index (χ2v) is 5.98. The molecule has 1 nitrogen and oxygen atoms in total. The van der Waals surface area contributed by atoms with E-state index in [1.165, 1.54) is 51.4 Å². The molecule has 3 atom stereocenters. The van der Waals surface area contributed by atoms with E-state index in [1.807, 2.05) is 0 Å². The first-order valence-corrected chi connectivity index (χ1v) is 7.58. The van der Waals surface area contributed by atoms with Gasteiger partial charge in [0, 0.05) is 6.04 Å². The van der Waals surface area contributed by atoms with Gasteiger partial charge in [-0.3, -0.25) is 0 Å². The van der Waals surface area contributed by atoms with Gasteiger partial charge in [-0.2, -0.15) is 0 Å². The molecular weight excluding hydrogens is 194 g/mol. The lowest BCUT2D eigenvalue weighted by Crippen LogP contribution is -2.46. The third-order valence-corrected chi connectivity index (χ3v) is 5.01. The maximum absolute atomic E-state index is 3.80. The number of rotatable bonds is 5. The normalized spacial score (nSPS) is 33.4. The molecule has 1 heteroatoms. The molecule has 0 bridgehead atoms. The molecule has 3 unspecified atom stereocenters. The summed E-state index contributed by atoms with van der Waals surface area (Å²) in [5.74, 6) is 3.03. The van der Waals surface area contributed by atoms with E-state index in [-0.39, 0.29) is 0 Å². The summed E-state index contributed by atoms with van der Waals surface area (Å²) >= 11 is 0. The zero-order valence-corrected chi connectivity index (χ0v) is 11.2. The fourth-order valence-corrected chi connectivity index (χ4v) is 3.78. The van der Waals surface area contributed by atoms with Crippen molar-refractivity contribution in [3.8, 4) is 0 Å². The van der Waals surface area contributed by atoms with Crippen molar-refractivity contribution in [3.05, 3.63) is 0 Å². The summed E-state index contributed by atoms with van der Waals surface area (Å²) in [6.45, 7) is 5.80. The van der Waals surface area contributed by atoms with Gasteiger partial charge in [0.15, 0.2) is 0 Å². The van der Waals surface area contributed by atoms with Gasteiger partial charge in [0.25, 0.3) is 0 Å².